The Bertz CT molecular complexity index is 32.6. The molecule has 0 aliphatic carbocycles. The van der Waals surface area contributed by atoms with Gasteiger partial charge in [-0.2, -0.15) is 11.3 Å². The fourth-order valence-electron chi connectivity index (χ4n) is 0. The predicted octanol–water partition coefficient (Wildman–Crippen LogP) is -0.170. The van der Waals surface area contributed by atoms with Crippen molar-refractivity contribution in [3.63, 3.8) is 0 Å². The van der Waals surface area contributed by atoms with Crippen LogP contribution in [0.5, 0.6) is 0 Å². The molecule has 1 atom stereocenters. The Morgan fingerprint density at radius 3 is 1.80 bits per heavy atom. The van der Waals surface area contributed by atoms with E-state index in [0.29, 0.717) is 0 Å². The van der Waals surface area contributed by atoms with Gasteiger partial charge in [-0.3, -0.25) is 4.21 Å². The molecule has 1 N–H and O–H groups in total. The maximum atomic E-state index is 8.67. The molecule has 1 unspecified atom stereocenters. The van der Waals surface area contributed by atoms with Crippen molar-refractivity contribution in [3.8, 4) is 0 Å². The van der Waals surface area contributed by atoms with E-state index in [1.54, 1.807) is 0 Å². The molecule has 0 aromatic carbocycles. The SMILES string of the molecule is [Ir].[NH-]S(=O)[O-]. The first-order valence-corrected chi connectivity index (χ1v) is 1.61. The zero-order valence-electron chi connectivity index (χ0n) is 2.06. The topological polar surface area (TPSA) is 63.9 Å². The molecule has 0 rings (SSSR count). The molecule has 0 heterocycles. The Kier molecular flexibility index (Phi) is 8.69. The Balaban J connectivity index is 0. The van der Waals surface area contributed by atoms with Crippen LogP contribution in [0.4, 0.5) is 0 Å². The molecule has 35 valence electrons. The van der Waals surface area contributed by atoms with Crippen LogP contribution >= 0.6 is 0 Å². The van der Waals surface area contributed by atoms with E-state index in [2.05, 4.69) is 0 Å². The number of hydrogen-bond acceptors (Lipinski definition) is 2. The molecule has 3 nitrogen and oxygen atoms in total. The van der Waals surface area contributed by atoms with Crippen molar-refractivity contribution in [3.05, 3.63) is 5.14 Å². The average Bonchev–Trinajstić information content (AvgIpc) is 0.811. The van der Waals surface area contributed by atoms with Crippen molar-refractivity contribution in [2.24, 2.45) is 0 Å². The molecule has 0 aromatic heterocycles. The van der Waals surface area contributed by atoms with E-state index in [4.69, 9.17) is 13.9 Å². The van der Waals surface area contributed by atoms with Crippen LogP contribution in [0.15, 0.2) is 0 Å². The first kappa shape index (κ1) is 9.21. The van der Waals surface area contributed by atoms with E-state index in [0.717, 1.165) is 0 Å². The summed E-state index contributed by atoms with van der Waals surface area (Å²) < 4.78 is 17.3. The van der Waals surface area contributed by atoms with Gasteiger partial charge in [0.25, 0.3) is 0 Å². The molecular formula is HIrNO2S-2. The Labute approximate surface area is 45.7 Å². The summed E-state index contributed by atoms with van der Waals surface area (Å²) in [5, 5.41) is 5.50. The van der Waals surface area contributed by atoms with Crippen molar-refractivity contribution in [1.29, 1.82) is 0 Å². The van der Waals surface area contributed by atoms with Crippen molar-refractivity contribution in [2.75, 3.05) is 0 Å². The largest absolute Gasteiger partial charge is 0.789 e. The summed E-state index contributed by atoms with van der Waals surface area (Å²) in [6, 6.07) is 0. The van der Waals surface area contributed by atoms with Crippen LogP contribution < -0.4 is 0 Å². The van der Waals surface area contributed by atoms with Gasteiger partial charge in [-0.1, -0.05) is 0 Å². The molecule has 0 fully saturated rings. The summed E-state index contributed by atoms with van der Waals surface area (Å²) in [4.78, 5) is 0. The van der Waals surface area contributed by atoms with Gasteiger partial charge < -0.3 is 9.69 Å². The molecule has 0 aliphatic rings. The van der Waals surface area contributed by atoms with Crippen LogP contribution in [-0.2, 0) is 31.4 Å². The second kappa shape index (κ2) is 4.72. The minimum atomic E-state index is -2.61. The van der Waals surface area contributed by atoms with Gasteiger partial charge in [-0.25, -0.2) is 0 Å². The van der Waals surface area contributed by atoms with Crippen molar-refractivity contribution in [1.82, 2.24) is 0 Å². The van der Waals surface area contributed by atoms with Crippen LogP contribution in [-0.4, -0.2) is 8.76 Å². The maximum Gasteiger partial charge on any atom is 0 e. The van der Waals surface area contributed by atoms with E-state index in [1.807, 2.05) is 0 Å². The third-order valence-corrected chi connectivity index (χ3v) is 0. The Morgan fingerprint density at radius 2 is 1.80 bits per heavy atom. The van der Waals surface area contributed by atoms with Gasteiger partial charge in [0.1, 0.15) is 0 Å². The van der Waals surface area contributed by atoms with E-state index in [9.17, 15) is 0 Å². The van der Waals surface area contributed by atoms with Gasteiger partial charge in [0.15, 0.2) is 0 Å². The summed E-state index contributed by atoms with van der Waals surface area (Å²) >= 11 is -2.61. The summed E-state index contributed by atoms with van der Waals surface area (Å²) in [6.07, 6.45) is 0. The molecule has 1 radical (unpaired) electrons. The van der Waals surface area contributed by atoms with Crippen molar-refractivity contribution >= 4 is 11.3 Å². The fraction of sp³-hybridized carbons (Fsp3) is 0. The second-order valence-corrected chi connectivity index (χ2v) is 0.704. The van der Waals surface area contributed by atoms with Gasteiger partial charge in [0.05, 0.1) is 0 Å². The van der Waals surface area contributed by atoms with Crippen molar-refractivity contribution in [2.45, 2.75) is 0 Å². The first-order valence-electron chi connectivity index (χ1n) is 0.537. The van der Waals surface area contributed by atoms with Gasteiger partial charge >= 0.3 is 0 Å². The van der Waals surface area contributed by atoms with E-state index < -0.39 is 11.3 Å². The summed E-state index contributed by atoms with van der Waals surface area (Å²) in [5.74, 6) is 0. The minimum Gasteiger partial charge on any atom is -0.789 e. The predicted molar refractivity (Wildman–Crippen MR) is 13.2 cm³/mol. The molecule has 0 saturated carbocycles. The molecule has 5 heteroatoms. The number of nitrogens with one attached hydrogen (secondary N) is 1. The standard InChI is InChI=1S/Ir.H2NO2S/c;1-4(2)3/h;1H,(H,2,3)/q;-1/p-1. The first-order chi connectivity index (χ1) is 1.73. The molecule has 0 aromatic rings. The second-order valence-electron chi connectivity index (χ2n) is 0.235. The smallest absolute Gasteiger partial charge is 0 e. The summed E-state index contributed by atoms with van der Waals surface area (Å²) in [7, 11) is 0. The normalized spacial score (nSPS) is 12.4. The minimum absolute atomic E-state index is 0. The van der Waals surface area contributed by atoms with Crippen LogP contribution in [0.2, 0.25) is 0 Å². The zero-order valence-corrected chi connectivity index (χ0v) is 5.27. The molecule has 0 aliphatic heterocycles. The molecule has 0 amide bonds. The number of hydrogen-bond donors (Lipinski definition) is 0. The Hall–Kier alpha value is 0.719. The van der Waals surface area contributed by atoms with Gasteiger partial charge in [-0.05, 0) is 0 Å². The summed E-state index contributed by atoms with van der Waals surface area (Å²) in [6.45, 7) is 0. The molecule has 5 heavy (non-hydrogen) atoms. The molecule has 0 saturated heterocycles. The molecule has 0 bridgehead atoms. The van der Waals surface area contributed by atoms with E-state index in [1.165, 1.54) is 0 Å². The maximum absolute atomic E-state index is 8.67. The van der Waals surface area contributed by atoms with E-state index in [-0.39, 0.29) is 20.1 Å². The van der Waals surface area contributed by atoms with Crippen LogP contribution in [0.25, 0.3) is 5.14 Å². The molecular weight excluding hydrogens is 270 g/mol. The fourth-order valence-corrected chi connectivity index (χ4v) is 0. The van der Waals surface area contributed by atoms with Gasteiger partial charge in [-0.15, -0.1) is 0 Å². The molecule has 0 spiro atoms. The van der Waals surface area contributed by atoms with Crippen molar-refractivity contribution < 1.29 is 28.9 Å². The summed E-state index contributed by atoms with van der Waals surface area (Å²) in [5.41, 5.74) is 0. The van der Waals surface area contributed by atoms with Crippen LogP contribution in [0, 0.1) is 0 Å². The quantitative estimate of drug-likeness (QED) is 0.574. The average molecular weight is 271 g/mol. The monoisotopic (exact) mass is 272 g/mol. The van der Waals surface area contributed by atoms with Gasteiger partial charge in [0.2, 0.25) is 0 Å². The van der Waals surface area contributed by atoms with E-state index >= 15 is 0 Å². The third-order valence-electron chi connectivity index (χ3n) is 0. The third kappa shape index (κ3) is 67.4. The zero-order chi connectivity index (χ0) is 3.58. The van der Waals surface area contributed by atoms with Crippen LogP contribution in [0.3, 0.4) is 0 Å². The van der Waals surface area contributed by atoms with Gasteiger partial charge in [0, 0.05) is 20.1 Å². The van der Waals surface area contributed by atoms with Crippen LogP contribution in [0.1, 0.15) is 0 Å². The number of rotatable bonds is 0. The Morgan fingerprint density at radius 1 is 1.80 bits per heavy atom.